The minimum atomic E-state index is -0.299. The Kier molecular flexibility index (Phi) is 3.64. The zero-order valence-corrected chi connectivity index (χ0v) is 10.6. The molecule has 92 valence electrons. The number of hydrogen-bond donors (Lipinski definition) is 1. The highest BCUT2D eigenvalue weighted by Crippen LogP contribution is 2.29. The van der Waals surface area contributed by atoms with E-state index >= 15 is 0 Å². The van der Waals surface area contributed by atoms with Crippen molar-refractivity contribution in [1.82, 2.24) is 10.2 Å². The van der Waals surface area contributed by atoms with Gasteiger partial charge in [-0.15, -0.1) is 0 Å². The Bertz CT molecular complexity index is 425. The summed E-state index contributed by atoms with van der Waals surface area (Å²) >= 11 is 6.10. The lowest BCUT2D eigenvalue weighted by Crippen LogP contribution is -2.35. The average molecular weight is 256 g/mol. The lowest BCUT2D eigenvalue weighted by atomic mass is 10.0. The topological polar surface area (TPSA) is 27.6 Å². The van der Waals surface area contributed by atoms with E-state index in [0.29, 0.717) is 10.6 Å². The summed E-state index contributed by atoms with van der Waals surface area (Å²) in [6.45, 7) is 1.53. The highest BCUT2D eigenvalue weighted by molar-refractivity contribution is 6.31. The van der Waals surface area contributed by atoms with Gasteiger partial charge in [0.05, 0.1) is 12.6 Å². The Balaban J connectivity index is 2.46. The quantitative estimate of drug-likeness (QED) is 0.896. The van der Waals surface area contributed by atoms with E-state index in [9.17, 15) is 4.39 Å². The summed E-state index contributed by atoms with van der Waals surface area (Å²) in [6, 6.07) is 4.47. The zero-order valence-electron chi connectivity index (χ0n) is 9.87. The van der Waals surface area contributed by atoms with Crippen molar-refractivity contribution in [1.29, 1.82) is 0 Å². The first-order chi connectivity index (χ1) is 8.11. The SMILES string of the molecule is CN(C)C(C1=NCCN1)c1c(F)cccc1Cl. The Hall–Kier alpha value is -1.13. The van der Waals surface area contributed by atoms with Gasteiger partial charge in [0.1, 0.15) is 11.7 Å². The Morgan fingerprint density at radius 3 is 2.76 bits per heavy atom. The van der Waals surface area contributed by atoms with Crippen molar-refractivity contribution in [2.75, 3.05) is 27.2 Å². The number of halogens is 2. The lowest BCUT2D eigenvalue weighted by Gasteiger charge is -2.26. The molecule has 2 rings (SSSR count). The summed E-state index contributed by atoms with van der Waals surface area (Å²) < 4.78 is 13.9. The van der Waals surface area contributed by atoms with E-state index in [0.717, 1.165) is 18.9 Å². The van der Waals surface area contributed by atoms with Gasteiger partial charge in [0.15, 0.2) is 0 Å². The molecule has 1 aliphatic heterocycles. The van der Waals surface area contributed by atoms with Gasteiger partial charge in [0.2, 0.25) is 0 Å². The fourth-order valence-electron chi connectivity index (χ4n) is 2.01. The molecule has 1 heterocycles. The molecule has 0 saturated carbocycles. The first-order valence-electron chi connectivity index (χ1n) is 5.50. The summed E-state index contributed by atoms with van der Waals surface area (Å²) in [5.41, 5.74) is 0.479. The lowest BCUT2D eigenvalue weighted by molar-refractivity contribution is 0.356. The fourth-order valence-corrected chi connectivity index (χ4v) is 2.28. The van der Waals surface area contributed by atoms with E-state index in [2.05, 4.69) is 10.3 Å². The van der Waals surface area contributed by atoms with E-state index in [1.165, 1.54) is 6.07 Å². The van der Waals surface area contributed by atoms with E-state index in [4.69, 9.17) is 11.6 Å². The van der Waals surface area contributed by atoms with Crippen LogP contribution < -0.4 is 5.32 Å². The highest BCUT2D eigenvalue weighted by Gasteiger charge is 2.27. The first kappa shape index (κ1) is 12.3. The van der Waals surface area contributed by atoms with E-state index in [1.54, 1.807) is 12.1 Å². The molecule has 0 spiro atoms. The standard InChI is InChI=1S/C12H15ClFN3/c1-17(2)11(12-15-6-7-16-12)10-8(13)4-3-5-9(10)14/h3-5,11H,6-7H2,1-2H3,(H,15,16). The molecule has 0 radical (unpaired) electrons. The molecule has 3 nitrogen and oxygen atoms in total. The Labute approximate surface area is 105 Å². The van der Waals surface area contributed by atoms with Gasteiger partial charge < -0.3 is 5.32 Å². The molecule has 1 atom stereocenters. The van der Waals surface area contributed by atoms with Gasteiger partial charge in [-0.3, -0.25) is 9.89 Å². The molecular weight excluding hydrogens is 241 g/mol. The van der Waals surface area contributed by atoms with Crippen LogP contribution in [0.2, 0.25) is 5.02 Å². The second-order valence-electron chi connectivity index (χ2n) is 4.20. The number of aliphatic imine (C=N–C) groups is 1. The van der Waals surface area contributed by atoms with Gasteiger partial charge >= 0.3 is 0 Å². The molecule has 0 aromatic heterocycles. The highest BCUT2D eigenvalue weighted by atomic mass is 35.5. The number of amidine groups is 1. The van der Waals surface area contributed by atoms with Crippen molar-refractivity contribution in [2.45, 2.75) is 6.04 Å². The number of rotatable bonds is 3. The molecule has 1 aromatic rings. The van der Waals surface area contributed by atoms with Gasteiger partial charge in [-0.05, 0) is 26.2 Å². The number of nitrogens with zero attached hydrogens (tertiary/aromatic N) is 2. The van der Waals surface area contributed by atoms with Crippen LogP contribution in [0.3, 0.4) is 0 Å². The van der Waals surface area contributed by atoms with Crippen LogP contribution in [-0.2, 0) is 0 Å². The predicted molar refractivity (Wildman–Crippen MR) is 68.1 cm³/mol. The maximum absolute atomic E-state index is 13.9. The molecule has 17 heavy (non-hydrogen) atoms. The number of likely N-dealkylation sites (N-methyl/N-ethyl adjacent to an activating group) is 1. The monoisotopic (exact) mass is 255 g/mol. The first-order valence-corrected chi connectivity index (χ1v) is 5.87. The van der Waals surface area contributed by atoms with Crippen LogP contribution in [0.1, 0.15) is 11.6 Å². The molecule has 0 aliphatic carbocycles. The van der Waals surface area contributed by atoms with Crippen molar-refractivity contribution >= 4 is 17.4 Å². The molecule has 0 bridgehead atoms. The summed E-state index contributed by atoms with van der Waals surface area (Å²) in [6.07, 6.45) is 0. The molecule has 1 unspecified atom stereocenters. The predicted octanol–water partition coefficient (Wildman–Crippen LogP) is 2.08. The summed E-state index contributed by atoms with van der Waals surface area (Å²) in [5, 5.41) is 3.60. The maximum Gasteiger partial charge on any atom is 0.129 e. The van der Waals surface area contributed by atoms with Gasteiger partial charge in [-0.2, -0.15) is 0 Å². The van der Waals surface area contributed by atoms with Crippen LogP contribution in [0.4, 0.5) is 4.39 Å². The van der Waals surface area contributed by atoms with Crippen LogP contribution in [0.15, 0.2) is 23.2 Å². The molecule has 1 N–H and O–H groups in total. The van der Waals surface area contributed by atoms with Crippen LogP contribution in [-0.4, -0.2) is 37.9 Å². The number of nitrogens with one attached hydrogen (secondary N) is 1. The second kappa shape index (κ2) is 5.02. The Morgan fingerprint density at radius 1 is 1.47 bits per heavy atom. The third-order valence-electron chi connectivity index (χ3n) is 2.75. The number of hydrogen-bond acceptors (Lipinski definition) is 3. The van der Waals surface area contributed by atoms with E-state index in [1.807, 2.05) is 19.0 Å². The van der Waals surface area contributed by atoms with Crippen molar-refractivity contribution in [3.05, 3.63) is 34.6 Å². The zero-order chi connectivity index (χ0) is 12.4. The smallest absolute Gasteiger partial charge is 0.129 e. The van der Waals surface area contributed by atoms with E-state index in [-0.39, 0.29) is 11.9 Å². The minimum absolute atomic E-state index is 0.258. The maximum atomic E-state index is 13.9. The summed E-state index contributed by atoms with van der Waals surface area (Å²) in [4.78, 5) is 6.26. The van der Waals surface area contributed by atoms with Crippen molar-refractivity contribution in [2.24, 2.45) is 4.99 Å². The third-order valence-corrected chi connectivity index (χ3v) is 3.08. The Morgan fingerprint density at radius 2 is 2.24 bits per heavy atom. The summed E-state index contributed by atoms with van der Waals surface area (Å²) in [5.74, 6) is 0.481. The van der Waals surface area contributed by atoms with Gasteiger partial charge in [-0.1, -0.05) is 17.7 Å². The van der Waals surface area contributed by atoms with Crippen molar-refractivity contribution < 1.29 is 4.39 Å². The third kappa shape index (κ3) is 2.42. The molecule has 1 aromatic carbocycles. The van der Waals surface area contributed by atoms with Crippen LogP contribution in [0.5, 0.6) is 0 Å². The second-order valence-corrected chi connectivity index (χ2v) is 4.60. The van der Waals surface area contributed by atoms with Crippen LogP contribution in [0.25, 0.3) is 0 Å². The number of benzene rings is 1. The van der Waals surface area contributed by atoms with Crippen LogP contribution >= 0.6 is 11.6 Å². The van der Waals surface area contributed by atoms with Gasteiger partial charge in [-0.25, -0.2) is 4.39 Å². The van der Waals surface area contributed by atoms with Crippen molar-refractivity contribution in [3.63, 3.8) is 0 Å². The minimum Gasteiger partial charge on any atom is -0.370 e. The van der Waals surface area contributed by atoms with Gasteiger partial charge in [0.25, 0.3) is 0 Å². The molecule has 0 amide bonds. The molecule has 5 heteroatoms. The normalized spacial score (nSPS) is 16.9. The summed E-state index contributed by atoms with van der Waals surface area (Å²) in [7, 11) is 3.77. The fraction of sp³-hybridized carbons (Fsp3) is 0.417. The molecule has 0 saturated heterocycles. The van der Waals surface area contributed by atoms with Crippen molar-refractivity contribution in [3.8, 4) is 0 Å². The average Bonchev–Trinajstić information content (AvgIpc) is 2.76. The molecular formula is C12H15ClFN3. The molecule has 0 fully saturated rings. The molecule has 1 aliphatic rings. The van der Waals surface area contributed by atoms with Crippen LogP contribution in [0, 0.1) is 5.82 Å². The largest absolute Gasteiger partial charge is 0.370 e. The van der Waals surface area contributed by atoms with E-state index < -0.39 is 0 Å². The van der Waals surface area contributed by atoms with Gasteiger partial charge in [0, 0.05) is 17.1 Å².